The first kappa shape index (κ1) is 47.9. The van der Waals surface area contributed by atoms with Crippen LogP contribution in [0.2, 0.25) is 5.02 Å². The van der Waals surface area contributed by atoms with Gasteiger partial charge in [0.25, 0.3) is 0 Å². The first-order chi connectivity index (χ1) is 24.5. The van der Waals surface area contributed by atoms with Gasteiger partial charge in [-0.1, -0.05) is 43.6 Å². The van der Waals surface area contributed by atoms with Crippen molar-refractivity contribution in [2.75, 3.05) is 37.5 Å². The van der Waals surface area contributed by atoms with Gasteiger partial charge in [-0.05, 0) is 65.9 Å². The fourth-order valence-corrected chi connectivity index (χ4v) is 6.02. The third kappa shape index (κ3) is 14.9. The smallest absolute Gasteiger partial charge is 0.434 e. The van der Waals surface area contributed by atoms with Crippen LogP contribution in [0.15, 0.2) is 34.8 Å². The second-order valence-electron chi connectivity index (χ2n) is 11.0. The van der Waals surface area contributed by atoms with E-state index in [0.29, 0.717) is 4.68 Å². The molecule has 2 aromatic carbocycles. The molecule has 0 bridgehead atoms. The van der Waals surface area contributed by atoms with E-state index in [1.54, 1.807) is 25.9 Å². The summed E-state index contributed by atoms with van der Waals surface area (Å²) in [5, 5.41) is 13.6. The van der Waals surface area contributed by atoms with Gasteiger partial charge in [0.15, 0.2) is 5.69 Å². The summed E-state index contributed by atoms with van der Waals surface area (Å²) >= 11 is 14.3. The van der Waals surface area contributed by atoms with E-state index < -0.39 is 60.6 Å². The number of ether oxygens (including phenoxy) is 2. The number of esters is 1. The molecule has 21 heteroatoms. The van der Waals surface area contributed by atoms with Gasteiger partial charge >= 0.3 is 25.7 Å². The monoisotopic (exact) mass is 880 g/mol. The number of hydrogen-bond donors (Lipinski definition) is 4. The van der Waals surface area contributed by atoms with Crippen LogP contribution in [0.1, 0.15) is 54.9 Å². The Kier molecular flexibility index (Phi) is 19.6. The van der Waals surface area contributed by atoms with E-state index >= 15 is 0 Å². The van der Waals surface area contributed by atoms with Crippen LogP contribution in [0.3, 0.4) is 0 Å². The molecule has 296 valence electrons. The molecule has 0 radical (unpaired) electrons. The highest BCUT2D eigenvalue weighted by Crippen LogP contribution is 2.41. The third-order valence-corrected chi connectivity index (χ3v) is 8.56. The molecule has 0 aliphatic heterocycles. The van der Waals surface area contributed by atoms with E-state index in [1.807, 2.05) is 18.2 Å². The molecule has 0 unspecified atom stereocenters. The molecule has 1 aromatic heterocycles. The lowest BCUT2D eigenvalue weighted by atomic mass is 10.0. The largest absolute Gasteiger partial charge is 0.480 e. The van der Waals surface area contributed by atoms with Crippen LogP contribution in [0.5, 0.6) is 0 Å². The van der Waals surface area contributed by atoms with Gasteiger partial charge in [0, 0.05) is 19.7 Å². The van der Waals surface area contributed by atoms with E-state index in [2.05, 4.69) is 40.2 Å². The Labute approximate surface area is 321 Å². The summed E-state index contributed by atoms with van der Waals surface area (Å²) in [4.78, 5) is 51.8. The lowest BCUT2D eigenvalue weighted by molar-refractivity contribution is -0.144. The lowest BCUT2D eigenvalue weighted by Gasteiger charge is -2.26. The molecule has 0 aliphatic carbocycles. The molecule has 3 aromatic rings. The molecule has 13 nitrogen and oxygen atoms in total. The number of nitrogens with zero attached hydrogens (tertiary/aromatic N) is 3. The van der Waals surface area contributed by atoms with Crippen LogP contribution < -0.4 is 10.2 Å². The van der Waals surface area contributed by atoms with Crippen LogP contribution >= 0.6 is 46.7 Å². The Morgan fingerprint density at radius 2 is 1.70 bits per heavy atom. The van der Waals surface area contributed by atoms with Crippen molar-refractivity contribution in [1.82, 2.24) is 15.1 Å². The number of halogens is 7. The van der Waals surface area contributed by atoms with E-state index in [9.17, 15) is 36.5 Å². The number of aliphatic carboxylic acids is 1. The molecule has 53 heavy (non-hydrogen) atoms. The normalized spacial score (nSPS) is 11.3. The molecule has 0 fully saturated rings. The number of aromatic nitrogens is 2. The zero-order valence-corrected chi connectivity index (χ0v) is 33.4. The Morgan fingerprint density at radius 1 is 1.13 bits per heavy atom. The molecule has 0 spiro atoms. The molecule has 0 saturated carbocycles. The SMILES string of the molecule is CC(C)OC(=O)c1cc(-c2nn(C)c(C(F)(F)F)c2Br)c(F)cc1Cl.CCc1cccc(CC)c1N(COC)C(=O)CCl.O=C(O)CNCP(=O)(O)O. The molecular weight excluding hydrogens is 842 g/mol. The number of hydrogen-bond acceptors (Lipinski definition) is 8. The predicted octanol–water partition coefficient (Wildman–Crippen LogP) is 7.01. The molecule has 0 aliphatic rings. The van der Waals surface area contributed by atoms with Gasteiger partial charge in [-0.25, -0.2) is 9.18 Å². The number of carboxylic acid groups (broad SMARTS) is 1. The van der Waals surface area contributed by atoms with Crippen LogP contribution in [0.4, 0.5) is 23.2 Å². The van der Waals surface area contributed by atoms with Gasteiger partial charge in [-0.2, -0.15) is 18.3 Å². The number of alkyl halides is 4. The van der Waals surface area contributed by atoms with Gasteiger partial charge < -0.3 is 24.4 Å². The Bertz CT molecular complexity index is 1750. The van der Waals surface area contributed by atoms with Crippen LogP contribution in [0.25, 0.3) is 11.3 Å². The van der Waals surface area contributed by atoms with Crippen LogP contribution in [-0.4, -0.2) is 81.2 Å². The second kappa shape index (κ2) is 21.7. The summed E-state index contributed by atoms with van der Waals surface area (Å²) < 4.78 is 73.8. The molecular formula is C32H40BrCl2F4N4O9P. The Hall–Kier alpha value is -3.09. The van der Waals surface area contributed by atoms with Crippen LogP contribution in [0, 0.1) is 5.82 Å². The minimum Gasteiger partial charge on any atom is -0.480 e. The number of nitrogens with one attached hydrogen (secondary N) is 1. The molecule has 1 amide bonds. The van der Waals surface area contributed by atoms with Crippen molar-refractivity contribution < 1.29 is 60.9 Å². The van der Waals surface area contributed by atoms with Gasteiger partial charge in [0.05, 0.1) is 39.7 Å². The fourth-order valence-electron chi connectivity index (χ4n) is 4.48. The number of amides is 1. The minimum atomic E-state index is -4.69. The van der Waals surface area contributed by atoms with Crippen molar-refractivity contribution in [3.8, 4) is 11.3 Å². The van der Waals surface area contributed by atoms with E-state index in [1.165, 1.54) is 0 Å². The zero-order chi connectivity index (χ0) is 40.8. The van der Waals surface area contributed by atoms with E-state index in [-0.39, 0.29) is 40.4 Å². The number of aryl methyl sites for hydroxylation is 3. The second-order valence-corrected chi connectivity index (χ2v) is 14.2. The number of anilines is 1. The van der Waals surface area contributed by atoms with Crippen molar-refractivity contribution >= 4 is 70.3 Å². The number of benzene rings is 2. The summed E-state index contributed by atoms with van der Waals surface area (Å²) in [7, 11) is -1.44. The number of carboxylic acids is 1. The minimum absolute atomic E-state index is 0.0371. The summed E-state index contributed by atoms with van der Waals surface area (Å²) in [6, 6.07) is 7.96. The molecule has 0 saturated heterocycles. The van der Waals surface area contributed by atoms with Crippen molar-refractivity contribution in [2.45, 2.75) is 52.8 Å². The number of carbonyl (C=O) groups excluding carboxylic acids is 2. The van der Waals surface area contributed by atoms with Crippen molar-refractivity contribution in [3.05, 3.63) is 68.0 Å². The van der Waals surface area contributed by atoms with Gasteiger partial charge in [0.1, 0.15) is 24.1 Å². The summed E-state index contributed by atoms with van der Waals surface area (Å²) in [6.45, 7) is 7.17. The number of para-hydroxylation sites is 1. The van der Waals surface area contributed by atoms with E-state index in [4.69, 9.17) is 47.6 Å². The number of carbonyl (C=O) groups is 3. The standard InChI is InChI=1S/C15H12BrClF4N2O2.C14H20ClNO2.C3H8NO5P/c1-6(2)25-14(24)7-4-8(10(18)5-9(7)17)12-11(16)13(15(19,20)21)23(3)22-12;1-4-11-7-6-8-12(5-2)14(11)16(10-18-3)13(17)9-15;5-3(6)1-4-2-10(7,8)9/h4-6H,1-3H3;6-8H,4-5,9-10H2,1-3H3;4H,1-2H2,(H,5,6)(H2,7,8,9). The number of methoxy groups -OCH3 is 1. The molecule has 1 heterocycles. The Balaban J connectivity index is 0.000000438. The van der Waals surface area contributed by atoms with Crippen molar-refractivity contribution in [2.24, 2.45) is 7.05 Å². The molecule has 0 atom stereocenters. The highest BCUT2D eigenvalue weighted by atomic mass is 79.9. The number of rotatable bonds is 13. The predicted molar refractivity (Wildman–Crippen MR) is 195 cm³/mol. The fraction of sp³-hybridized carbons (Fsp3) is 0.438. The molecule has 3 rings (SSSR count). The maximum Gasteiger partial charge on any atom is 0.434 e. The van der Waals surface area contributed by atoms with Gasteiger partial charge in [-0.15, -0.1) is 11.6 Å². The maximum atomic E-state index is 14.3. The maximum absolute atomic E-state index is 14.3. The average Bonchev–Trinajstić information content (AvgIpc) is 3.35. The Morgan fingerprint density at radius 3 is 2.11 bits per heavy atom. The molecule has 4 N–H and O–H groups in total. The van der Waals surface area contributed by atoms with Crippen molar-refractivity contribution in [1.29, 1.82) is 0 Å². The van der Waals surface area contributed by atoms with Gasteiger partial charge in [0.2, 0.25) is 5.91 Å². The summed E-state index contributed by atoms with van der Waals surface area (Å²) in [5.74, 6) is -3.05. The first-order valence-electron chi connectivity index (χ1n) is 15.5. The van der Waals surface area contributed by atoms with Crippen LogP contribution in [-0.2, 0) is 49.7 Å². The first-order valence-corrected chi connectivity index (χ1v) is 19.0. The highest BCUT2D eigenvalue weighted by molar-refractivity contribution is 9.10. The van der Waals surface area contributed by atoms with Gasteiger partial charge in [-0.3, -0.25) is 29.1 Å². The summed E-state index contributed by atoms with van der Waals surface area (Å²) in [5.41, 5.74) is 1.38. The third-order valence-electron chi connectivity index (χ3n) is 6.63. The quantitative estimate of drug-likeness (QED) is 0.0456. The van der Waals surface area contributed by atoms with E-state index in [0.717, 1.165) is 48.8 Å². The topological polar surface area (TPSA) is 181 Å². The lowest BCUT2D eigenvalue weighted by Crippen LogP contribution is -2.35. The van der Waals surface area contributed by atoms with Crippen molar-refractivity contribution in [3.63, 3.8) is 0 Å². The average molecular weight is 882 g/mol. The summed E-state index contributed by atoms with van der Waals surface area (Å²) in [6.07, 6.45) is -3.99. The highest BCUT2D eigenvalue weighted by Gasteiger charge is 2.39. The zero-order valence-electron chi connectivity index (χ0n) is 29.4.